The number of nitrogens with zero attached hydrogens (tertiary/aromatic N) is 1. The van der Waals surface area contributed by atoms with Crippen molar-refractivity contribution in [3.05, 3.63) is 35.9 Å². The van der Waals surface area contributed by atoms with Gasteiger partial charge in [0, 0.05) is 17.7 Å². The van der Waals surface area contributed by atoms with E-state index >= 15 is 0 Å². The Balaban J connectivity index is 1.65. The molecule has 1 aromatic carbocycles. The van der Waals surface area contributed by atoms with E-state index < -0.39 is 6.04 Å². The van der Waals surface area contributed by atoms with E-state index in [-0.39, 0.29) is 29.8 Å². The Kier molecular flexibility index (Phi) is 4.19. The van der Waals surface area contributed by atoms with Crippen LogP contribution in [0.4, 0.5) is 0 Å². The summed E-state index contributed by atoms with van der Waals surface area (Å²) in [6, 6.07) is 9.47. The van der Waals surface area contributed by atoms with Crippen LogP contribution in [0, 0.1) is 0 Å². The fraction of sp³-hybridized carbons (Fsp3) is 0.500. The Morgan fingerprint density at radius 3 is 2.81 bits per heavy atom. The molecule has 5 heteroatoms. The monoisotopic (exact) mass is 305 g/mol. The van der Waals surface area contributed by atoms with Crippen LogP contribution in [0.3, 0.4) is 0 Å². The Morgan fingerprint density at radius 1 is 1.38 bits per heavy atom. The van der Waals surface area contributed by atoms with Crippen LogP contribution >= 0.6 is 11.8 Å². The van der Waals surface area contributed by atoms with Crippen LogP contribution in [0.2, 0.25) is 0 Å². The highest BCUT2D eigenvalue weighted by Gasteiger charge is 2.54. The van der Waals surface area contributed by atoms with E-state index in [1.54, 1.807) is 16.7 Å². The summed E-state index contributed by atoms with van der Waals surface area (Å²) in [5.74, 6) is 0.767. The zero-order valence-corrected chi connectivity index (χ0v) is 12.8. The van der Waals surface area contributed by atoms with Crippen LogP contribution in [0.5, 0.6) is 0 Å². The number of hydrogen-bond acceptors (Lipinski definition) is 4. The third-order valence-electron chi connectivity index (χ3n) is 4.09. The van der Waals surface area contributed by atoms with Crippen LogP contribution in [-0.4, -0.2) is 39.9 Å². The maximum Gasteiger partial charge on any atom is 0.330 e. The van der Waals surface area contributed by atoms with Crippen LogP contribution in [0.15, 0.2) is 30.3 Å². The van der Waals surface area contributed by atoms with Crippen LogP contribution in [-0.2, 0) is 20.9 Å². The smallest absolute Gasteiger partial charge is 0.330 e. The number of amides is 1. The van der Waals surface area contributed by atoms with Gasteiger partial charge in [-0.2, -0.15) is 11.8 Å². The molecule has 0 radical (unpaired) electrons. The van der Waals surface area contributed by atoms with Gasteiger partial charge < -0.3 is 9.64 Å². The SMILES string of the molecule is CCSC1CC2CC(=O)N2[C@@H]1C(=O)OCc1ccccc1. The first-order chi connectivity index (χ1) is 10.2. The zero-order chi connectivity index (χ0) is 14.8. The van der Waals surface area contributed by atoms with Crippen LogP contribution in [0.25, 0.3) is 0 Å². The van der Waals surface area contributed by atoms with E-state index in [1.165, 1.54) is 0 Å². The summed E-state index contributed by atoms with van der Waals surface area (Å²) in [6.07, 6.45) is 1.50. The topological polar surface area (TPSA) is 46.6 Å². The minimum absolute atomic E-state index is 0.0841. The van der Waals surface area contributed by atoms with Gasteiger partial charge in [0.2, 0.25) is 5.91 Å². The standard InChI is InChI=1S/C16H19NO3S/c1-2-21-13-8-12-9-14(18)17(12)15(13)16(19)20-10-11-6-4-3-5-7-11/h3-7,12-13,15H,2,8-10H2,1H3/t12?,13?,15-/m0/s1. The fourth-order valence-electron chi connectivity index (χ4n) is 3.10. The lowest BCUT2D eigenvalue weighted by molar-refractivity contribution is -0.161. The molecule has 4 nitrogen and oxygen atoms in total. The zero-order valence-electron chi connectivity index (χ0n) is 12.0. The van der Waals surface area contributed by atoms with Crippen molar-refractivity contribution in [2.45, 2.75) is 43.7 Å². The lowest BCUT2D eigenvalue weighted by atomic mass is 10.0. The molecule has 0 aliphatic carbocycles. The average molecular weight is 305 g/mol. The number of ether oxygens (including phenoxy) is 1. The molecule has 0 bridgehead atoms. The molecule has 0 saturated carbocycles. The van der Waals surface area contributed by atoms with Gasteiger partial charge in [-0.25, -0.2) is 4.79 Å². The van der Waals surface area contributed by atoms with Gasteiger partial charge in [-0.1, -0.05) is 37.3 Å². The molecule has 2 saturated heterocycles. The summed E-state index contributed by atoms with van der Waals surface area (Å²) in [6.45, 7) is 2.35. The third-order valence-corrected chi connectivity index (χ3v) is 5.31. The number of esters is 1. The van der Waals surface area contributed by atoms with Crippen molar-refractivity contribution in [3.63, 3.8) is 0 Å². The van der Waals surface area contributed by atoms with Crippen molar-refractivity contribution >= 4 is 23.6 Å². The average Bonchev–Trinajstić information content (AvgIpc) is 2.79. The van der Waals surface area contributed by atoms with Crippen LogP contribution in [0.1, 0.15) is 25.3 Å². The van der Waals surface area contributed by atoms with Crippen molar-refractivity contribution in [2.24, 2.45) is 0 Å². The number of carbonyl (C=O) groups excluding carboxylic acids is 2. The Bertz CT molecular complexity index is 534. The van der Waals surface area contributed by atoms with E-state index in [0.29, 0.717) is 6.42 Å². The highest BCUT2D eigenvalue weighted by atomic mass is 32.2. The molecule has 0 spiro atoms. The number of hydrogen-bond donors (Lipinski definition) is 0. The second kappa shape index (κ2) is 6.10. The first kappa shape index (κ1) is 14.4. The number of rotatable bonds is 5. The Morgan fingerprint density at radius 2 is 2.14 bits per heavy atom. The molecule has 0 N–H and O–H groups in total. The summed E-state index contributed by atoms with van der Waals surface area (Å²) in [4.78, 5) is 25.9. The molecule has 2 fully saturated rings. The molecular formula is C16H19NO3S. The Hall–Kier alpha value is -1.49. The highest BCUT2D eigenvalue weighted by Crippen LogP contribution is 2.41. The normalized spacial score (nSPS) is 27.2. The summed E-state index contributed by atoms with van der Waals surface area (Å²) < 4.78 is 5.44. The molecule has 0 aromatic heterocycles. The van der Waals surface area contributed by atoms with Gasteiger partial charge in [0.05, 0.1) is 0 Å². The predicted molar refractivity (Wildman–Crippen MR) is 81.8 cm³/mol. The number of carbonyl (C=O) groups is 2. The van der Waals surface area contributed by atoms with Crippen molar-refractivity contribution in [1.29, 1.82) is 0 Å². The minimum Gasteiger partial charge on any atom is -0.459 e. The molecule has 3 atom stereocenters. The third kappa shape index (κ3) is 2.79. The lowest BCUT2D eigenvalue weighted by Gasteiger charge is -2.37. The van der Waals surface area contributed by atoms with Gasteiger partial charge in [0.1, 0.15) is 12.6 Å². The number of β-lactam (4-membered cyclic amide) rings is 1. The van der Waals surface area contributed by atoms with E-state index in [1.807, 2.05) is 30.3 Å². The van der Waals surface area contributed by atoms with Gasteiger partial charge in [-0.05, 0) is 17.7 Å². The second-order valence-corrected chi connectivity index (χ2v) is 6.94. The van der Waals surface area contributed by atoms with E-state index in [4.69, 9.17) is 4.74 Å². The van der Waals surface area contributed by atoms with E-state index in [2.05, 4.69) is 6.92 Å². The van der Waals surface area contributed by atoms with Crippen molar-refractivity contribution in [1.82, 2.24) is 4.90 Å². The molecule has 2 aliphatic heterocycles. The highest BCUT2D eigenvalue weighted by molar-refractivity contribution is 7.99. The van der Waals surface area contributed by atoms with E-state index in [0.717, 1.165) is 17.7 Å². The first-order valence-corrected chi connectivity index (χ1v) is 8.39. The molecule has 1 aromatic rings. The summed E-state index contributed by atoms with van der Waals surface area (Å²) in [5, 5.41) is 0.176. The summed E-state index contributed by atoms with van der Waals surface area (Å²) in [5.41, 5.74) is 0.968. The number of thioether (sulfide) groups is 1. The maximum atomic E-state index is 12.4. The molecular weight excluding hydrogens is 286 g/mol. The molecule has 2 heterocycles. The predicted octanol–water partition coefficient (Wildman–Crippen LogP) is 2.22. The molecule has 3 rings (SSSR count). The molecule has 21 heavy (non-hydrogen) atoms. The minimum atomic E-state index is -0.398. The maximum absolute atomic E-state index is 12.4. The lowest BCUT2D eigenvalue weighted by Crippen LogP contribution is -2.55. The van der Waals surface area contributed by atoms with Gasteiger partial charge in [0.15, 0.2) is 0 Å². The van der Waals surface area contributed by atoms with Gasteiger partial charge >= 0.3 is 5.97 Å². The summed E-state index contributed by atoms with van der Waals surface area (Å²) >= 11 is 1.75. The van der Waals surface area contributed by atoms with Crippen LogP contribution < -0.4 is 0 Å². The van der Waals surface area contributed by atoms with Crippen molar-refractivity contribution in [3.8, 4) is 0 Å². The number of fused-ring (bicyclic) bond motifs is 1. The van der Waals surface area contributed by atoms with Crippen molar-refractivity contribution in [2.75, 3.05) is 5.75 Å². The summed E-state index contributed by atoms with van der Waals surface area (Å²) in [7, 11) is 0. The first-order valence-electron chi connectivity index (χ1n) is 7.34. The van der Waals surface area contributed by atoms with Gasteiger partial charge in [-0.15, -0.1) is 0 Å². The van der Waals surface area contributed by atoms with E-state index in [9.17, 15) is 9.59 Å². The molecule has 2 aliphatic rings. The van der Waals surface area contributed by atoms with Gasteiger partial charge in [0.25, 0.3) is 0 Å². The Labute approximate surface area is 128 Å². The number of benzene rings is 1. The van der Waals surface area contributed by atoms with Gasteiger partial charge in [-0.3, -0.25) is 4.79 Å². The quantitative estimate of drug-likeness (QED) is 0.618. The molecule has 1 amide bonds. The fourth-order valence-corrected chi connectivity index (χ4v) is 4.32. The molecule has 2 unspecified atom stereocenters. The van der Waals surface area contributed by atoms with Crippen molar-refractivity contribution < 1.29 is 14.3 Å². The largest absolute Gasteiger partial charge is 0.459 e. The molecule has 112 valence electrons. The second-order valence-electron chi connectivity index (χ2n) is 5.43.